The van der Waals surface area contributed by atoms with E-state index in [9.17, 15) is 4.79 Å². The molecule has 1 aromatic heterocycles. The SMILES string of the molecule is CC(C)CNc1ccc(-n2ncc3cc(NC(=O)c4ccc(N5CCOCC5)cc4)ccc32)cc1. The maximum absolute atomic E-state index is 12.8. The summed E-state index contributed by atoms with van der Waals surface area (Å²) in [5.74, 6) is 0.462. The normalized spacial score (nSPS) is 13.9. The summed E-state index contributed by atoms with van der Waals surface area (Å²) in [6.45, 7) is 8.55. The number of nitrogens with one attached hydrogen (secondary N) is 2. The fourth-order valence-electron chi connectivity index (χ4n) is 4.21. The number of anilines is 3. The first-order chi connectivity index (χ1) is 17.1. The summed E-state index contributed by atoms with van der Waals surface area (Å²) in [5.41, 5.74) is 5.56. The molecule has 35 heavy (non-hydrogen) atoms. The van der Waals surface area contributed by atoms with E-state index in [0.717, 1.165) is 66.5 Å². The highest BCUT2D eigenvalue weighted by Crippen LogP contribution is 2.24. The average molecular weight is 470 g/mol. The predicted molar refractivity (Wildman–Crippen MR) is 142 cm³/mol. The Morgan fingerprint density at radius 3 is 2.34 bits per heavy atom. The highest BCUT2D eigenvalue weighted by molar-refractivity contribution is 6.05. The lowest BCUT2D eigenvalue weighted by Gasteiger charge is -2.28. The molecule has 1 aliphatic rings. The van der Waals surface area contributed by atoms with Gasteiger partial charge < -0.3 is 20.3 Å². The van der Waals surface area contributed by atoms with E-state index in [1.54, 1.807) is 0 Å². The zero-order valence-electron chi connectivity index (χ0n) is 20.2. The molecule has 1 fully saturated rings. The number of carbonyl (C=O) groups is 1. The highest BCUT2D eigenvalue weighted by atomic mass is 16.5. The number of hydrogen-bond acceptors (Lipinski definition) is 5. The van der Waals surface area contributed by atoms with Gasteiger partial charge in [0.25, 0.3) is 5.91 Å². The zero-order valence-corrected chi connectivity index (χ0v) is 20.2. The van der Waals surface area contributed by atoms with Crippen molar-refractivity contribution < 1.29 is 9.53 Å². The fourth-order valence-corrected chi connectivity index (χ4v) is 4.21. The molecule has 2 heterocycles. The van der Waals surface area contributed by atoms with Crippen molar-refractivity contribution in [3.8, 4) is 5.69 Å². The van der Waals surface area contributed by atoms with Crippen molar-refractivity contribution in [2.45, 2.75) is 13.8 Å². The standard InChI is InChI=1S/C28H31N5O2/c1-20(2)18-29-23-5-10-26(11-6-23)33-27-12-7-24(17-22(27)19-30-33)31-28(34)21-3-8-25(9-4-21)32-13-15-35-16-14-32/h3-12,17,19-20,29H,13-16,18H2,1-2H3,(H,31,34). The molecule has 0 spiro atoms. The van der Waals surface area contributed by atoms with Gasteiger partial charge >= 0.3 is 0 Å². The predicted octanol–water partition coefficient (Wildman–Crippen LogP) is 5.18. The van der Waals surface area contributed by atoms with Gasteiger partial charge in [0.1, 0.15) is 0 Å². The van der Waals surface area contributed by atoms with Gasteiger partial charge in [-0.3, -0.25) is 4.79 Å². The Bertz CT molecular complexity index is 1290. The molecule has 4 aromatic rings. The number of amides is 1. The van der Waals surface area contributed by atoms with Crippen LogP contribution in [0.1, 0.15) is 24.2 Å². The van der Waals surface area contributed by atoms with Gasteiger partial charge in [0.2, 0.25) is 0 Å². The monoisotopic (exact) mass is 469 g/mol. The van der Waals surface area contributed by atoms with E-state index in [-0.39, 0.29) is 5.91 Å². The third-order valence-corrected chi connectivity index (χ3v) is 6.16. The largest absolute Gasteiger partial charge is 0.385 e. The molecule has 0 aliphatic carbocycles. The Hall–Kier alpha value is -3.84. The summed E-state index contributed by atoms with van der Waals surface area (Å²) >= 11 is 0. The van der Waals surface area contributed by atoms with Crippen molar-refractivity contribution in [3.63, 3.8) is 0 Å². The summed E-state index contributed by atoms with van der Waals surface area (Å²) in [6, 6.07) is 21.9. The van der Waals surface area contributed by atoms with Gasteiger partial charge in [0, 0.05) is 47.6 Å². The number of hydrogen-bond donors (Lipinski definition) is 2. The second-order valence-corrected chi connectivity index (χ2v) is 9.25. The van der Waals surface area contributed by atoms with Gasteiger partial charge in [-0.15, -0.1) is 0 Å². The number of rotatable bonds is 7. The molecular weight excluding hydrogens is 438 g/mol. The van der Waals surface area contributed by atoms with Gasteiger partial charge in [-0.2, -0.15) is 5.10 Å². The van der Waals surface area contributed by atoms with Crippen LogP contribution in [0.2, 0.25) is 0 Å². The summed E-state index contributed by atoms with van der Waals surface area (Å²) < 4.78 is 7.33. The van der Waals surface area contributed by atoms with Crippen LogP contribution in [0.15, 0.2) is 72.9 Å². The first-order valence-electron chi connectivity index (χ1n) is 12.1. The van der Waals surface area contributed by atoms with Crippen LogP contribution in [0.25, 0.3) is 16.6 Å². The average Bonchev–Trinajstić information content (AvgIpc) is 3.31. The first kappa shape index (κ1) is 22.9. The van der Waals surface area contributed by atoms with Crippen molar-refractivity contribution in [1.82, 2.24) is 9.78 Å². The van der Waals surface area contributed by atoms with Gasteiger partial charge in [0.15, 0.2) is 0 Å². The molecule has 0 atom stereocenters. The number of nitrogens with zero attached hydrogens (tertiary/aromatic N) is 3. The molecule has 0 unspecified atom stereocenters. The second-order valence-electron chi connectivity index (χ2n) is 9.25. The van der Waals surface area contributed by atoms with Gasteiger partial charge in [-0.25, -0.2) is 4.68 Å². The Morgan fingerprint density at radius 2 is 1.63 bits per heavy atom. The van der Waals surface area contributed by atoms with Crippen molar-refractivity contribution >= 4 is 33.9 Å². The first-order valence-corrected chi connectivity index (χ1v) is 12.1. The smallest absolute Gasteiger partial charge is 0.255 e. The molecule has 7 nitrogen and oxygen atoms in total. The number of carbonyl (C=O) groups excluding carboxylic acids is 1. The number of fused-ring (bicyclic) bond motifs is 1. The van der Waals surface area contributed by atoms with E-state index in [0.29, 0.717) is 11.5 Å². The van der Waals surface area contributed by atoms with Crippen molar-refractivity contribution in [1.29, 1.82) is 0 Å². The number of morpholine rings is 1. The van der Waals surface area contributed by atoms with E-state index >= 15 is 0 Å². The molecule has 5 rings (SSSR count). The van der Waals surface area contributed by atoms with Crippen LogP contribution in [0.5, 0.6) is 0 Å². The Labute approximate surface area is 205 Å². The number of ether oxygens (including phenoxy) is 1. The Kier molecular flexibility index (Phi) is 6.68. The molecule has 2 N–H and O–H groups in total. The molecule has 0 bridgehead atoms. The van der Waals surface area contributed by atoms with Crippen molar-refractivity contribution in [2.24, 2.45) is 5.92 Å². The summed E-state index contributed by atoms with van der Waals surface area (Å²) in [6.07, 6.45) is 1.83. The van der Waals surface area contributed by atoms with E-state index < -0.39 is 0 Å². The fraction of sp³-hybridized carbons (Fsp3) is 0.286. The van der Waals surface area contributed by atoms with E-state index in [1.165, 1.54) is 0 Å². The summed E-state index contributed by atoms with van der Waals surface area (Å²) in [7, 11) is 0. The van der Waals surface area contributed by atoms with Crippen LogP contribution >= 0.6 is 0 Å². The number of benzene rings is 3. The second kappa shape index (κ2) is 10.2. The zero-order chi connectivity index (χ0) is 24.2. The van der Waals surface area contributed by atoms with Crippen LogP contribution in [0.3, 0.4) is 0 Å². The minimum atomic E-state index is -0.130. The molecule has 7 heteroatoms. The molecule has 3 aromatic carbocycles. The van der Waals surface area contributed by atoms with Crippen molar-refractivity contribution in [2.75, 3.05) is 48.4 Å². The lowest BCUT2D eigenvalue weighted by molar-refractivity contribution is 0.102. The van der Waals surface area contributed by atoms with Crippen LogP contribution < -0.4 is 15.5 Å². The van der Waals surface area contributed by atoms with E-state index in [4.69, 9.17) is 4.74 Å². The van der Waals surface area contributed by atoms with Gasteiger partial charge in [0.05, 0.1) is 30.6 Å². The quantitative estimate of drug-likeness (QED) is 0.390. The highest BCUT2D eigenvalue weighted by Gasteiger charge is 2.13. The lowest BCUT2D eigenvalue weighted by Crippen LogP contribution is -2.36. The summed E-state index contributed by atoms with van der Waals surface area (Å²) in [5, 5.41) is 12.0. The number of aromatic nitrogens is 2. The minimum Gasteiger partial charge on any atom is -0.385 e. The van der Waals surface area contributed by atoms with Crippen LogP contribution in [-0.2, 0) is 4.74 Å². The van der Waals surface area contributed by atoms with E-state index in [2.05, 4.69) is 58.7 Å². The molecule has 180 valence electrons. The topological polar surface area (TPSA) is 71.4 Å². The third-order valence-electron chi connectivity index (χ3n) is 6.16. The molecule has 0 saturated carbocycles. The maximum atomic E-state index is 12.8. The van der Waals surface area contributed by atoms with Crippen LogP contribution in [0.4, 0.5) is 17.1 Å². The molecule has 1 saturated heterocycles. The molecule has 1 aliphatic heterocycles. The van der Waals surface area contributed by atoms with Crippen LogP contribution in [-0.4, -0.2) is 48.5 Å². The van der Waals surface area contributed by atoms with Gasteiger partial charge in [-0.1, -0.05) is 13.8 Å². The third kappa shape index (κ3) is 5.30. The Morgan fingerprint density at radius 1 is 0.943 bits per heavy atom. The maximum Gasteiger partial charge on any atom is 0.255 e. The van der Waals surface area contributed by atoms with Crippen LogP contribution in [0, 0.1) is 5.92 Å². The lowest BCUT2D eigenvalue weighted by atomic mass is 10.1. The molecular formula is C28H31N5O2. The Balaban J connectivity index is 1.27. The summed E-state index contributed by atoms with van der Waals surface area (Å²) in [4.78, 5) is 15.1. The minimum absolute atomic E-state index is 0.130. The van der Waals surface area contributed by atoms with E-state index in [1.807, 2.05) is 53.3 Å². The molecule has 1 amide bonds. The van der Waals surface area contributed by atoms with Gasteiger partial charge in [-0.05, 0) is 72.6 Å². The van der Waals surface area contributed by atoms with Crippen molar-refractivity contribution in [3.05, 3.63) is 78.5 Å². The molecule has 0 radical (unpaired) electrons.